The quantitative estimate of drug-likeness (QED) is 0.568. The molecule has 0 fully saturated rings. The minimum atomic E-state index is -0.302. The third-order valence-electron chi connectivity index (χ3n) is 2.31. The van der Waals surface area contributed by atoms with E-state index < -0.39 is 0 Å². The average Bonchev–Trinajstić information content (AvgIpc) is 2.24. The maximum absolute atomic E-state index is 11.7. The molecule has 1 aliphatic rings. The highest BCUT2D eigenvalue weighted by Gasteiger charge is 2.37. The van der Waals surface area contributed by atoms with Gasteiger partial charge in [-0.2, -0.15) is 0 Å². The van der Waals surface area contributed by atoms with Crippen molar-refractivity contribution in [3.8, 4) is 0 Å². The second-order valence-corrected chi connectivity index (χ2v) is 3.78. The van der Waals surface area contributed by atoms with Gasteiger partial charge in [0.05, 0.1) is 0 Å². The van der Waals surface area contributed by atoms with Gasteiger partial charge in [0.25, 0.3) is 0 Å². The first kappa shape index (κ1) is 7.53. The zero-order valence-electron chi connectivity index (χ0n) is 7.29. The van der Waals surface area contributed by atoms with E-state index in [1.807, 2.05) is 44.5 Å². The number of hydrogen-bond acceptors (Lipinski definition) is 1. The van der Waals surface area contributed by atoms with E-state index in [1.54, 1.807) is 0 Å². The molecule has 0 aromatic heterocycles. The second-order valence-electron chi connectivity index (χ2n) is 3.78. The number of rotatable bonds is 0. The molecule has 1 aliphatic carbocycles. The molecule has 0 bridgehead atoms. The molecule has 1 aromatic carbocycles. The normalized spacial score (nSPS) is 19.3. The summed E-state index contributed by atoms with van der Waals surface area (Å²) in [6, 6.07) is 7.75. The predicted molar refractivity (Wildman–Crippen MR) is 48.0 cm³/mol. The number of carbonyl (C=O) groups excluding carboxylic acids is 1. The highest BCUT2D eigenvalue weighted by molar-refractivity contribution is 6.06. The van der Waals surface area contributed by atoms with Gasteiger partial charge in [0.2, 0.25) is 0 Å². The standard InChI is InChI=1S/C11H11O/c1-11(2)7-8-5-3-4-6-9(8)10(11)12/h3-7H,1-2H3. The Morgan fingerprint density at radius 1 is 1.17 bits per heavy atom. The van der Waals surface area contributed by atoms with Gasteiger partial charge in [-0.15, -0.1) is 0 Å². The molecule has 0 unspecified atom stereocenters. The minimum Gasteiger partial charge on any atom is -0.294 e. The monoisotopic (exact) mass is 159 g/mol. The SMILES string of the molecule is CC1(C)[CH]c2ccccc2C1=O. The second kappa shape index (κ2) is 2.19. The van der Waals surface area contributed by atoms with Crippen molar-refractivity contribution in [2.24, 2.45) is 5.41 Å². The highest BCUT2D eigenvalue weighted by Crippen LogP contribution is 2.37. The van der Waals surface area contributed by atoms with Gasteiger partial charge < -0.3 is 0 Å². The first-order chi connectivity index (χ1) is 5.61. The van der Waals surface area contributed by atoms with Crippen molar-refractivity contribution in [2.45, 2.75) is 13.8 Å². The highest BCUT2D eigenvalue weighted by atomic mass is 16.1. The van der Waals surface area contributed by atoms with Gasteiger partial charge in [0.1, 0.15) is 0 Å². The van der Waals surface area contributed by atoms with Crippen LogP contribution in [0.1, 0.15) is 29.8 Å². The van der Waals surface area contributed by atoms with Crippen LogP contribution in [0.25, 0.3) is 0 Å². The Morgan fingerprint density at radius 3 is 2.50 bits per heavy atom. The third-order valence-corrected chi connectivity index (χ3v) is 2.31. The summed E-state index contributed by atoms with van der Waals surface area (Å²) in [6.07, 6.45) is 2.03. The maximum atomic E-state index is 11.7. The van der Waals surface area contributed by atoms with Crippen molar-refractivity contribution in [3.05, 3.63) is 41.8 Å². The number of ketones is 1. The summed E-state index contributed by atoms with van der Waals surface area (Å²) in [5.41, 5.74) is 1.64. The Kier molecular flexibility index (Phi) is 1.38. The van der Waals surface area contributed by atoms with Crippen LogP contribution in [0.4, 0.5) is 0 Å². The molecule has 1 radical (unpaired) electrons. The lowest BCUT2D eigenvalue weighted by molar-refractivity contribution is 0.0890. The first-order valence-electron chi connectivity index (χ1n) is 4.11. The van der Waals surface area contributed by atoms with Crippen LogP contribution in [0.15, 0.2) is 24.3 Å². The molecule has 1 heteroatoms. The molecule has 2 rings (SSSR count). The van der Waals surface area contributed by atoms with E-state index in [4.69, 9.17) is 0 Å². The summed E-state index contributed by atoms with van der Waals surface area (Å²) >= 11 is 0. The first-order valence-corrected chi connectivity index (χ1v) is 4.11. The molecule has 12 heavy (non-hydrogen) atoms. The molecule has 1 nitrogen and oxygen atoms in total. The lowest BCUT2D eigenvalue weighted by Gasteiger charge is -2.12. The fourth-order valence-electron chi connectivity index (χ4n) is 1.63. The molecular formula is C11H11O. The number of fused-ring (bicyclic) bond motifs is 1. The number of hydrogen-bond donors (Lipinski definition) is 0. The predicted octanol–water partition coefficient (Wildman–Crippen LogP) is 2.46. The molecule has 0 atom stereocenters. The van der Waals surface area contributed by atoms with Crippen LogP contribution in [0, 0.1) is 11.8 Å². The van der Waals surface area contributed by atoms with Gasteiger partial charge in [-0.05, 0) is 5.56 Å². The van der Waals surface area contributed by atoms with Crippen molar-refractivity contribution in [3.63, 3.8) is 0 Å². The van der Waals surface area contributed by atoms with Crippen molar-refractivity contribution < 1.29 is 4.79 Å². The molecule has 1 aromatic rings. The fraction of sp³-hybridized carbons (Fsp3) is 0.273. The van der Waals surface area contributed by atoms with E-state index in [9.17, 15) is 4.79 Å². The van der Waals surface area contributed by atoms with Crippen LogP contribution in [0.3, 0.4) is 0 Å². The minimum absolute atomic E-state index is 0.234. The number of Topliss-reactive ketones (excluding diaryl/α,β-unsaturated/α-hetero) is 1. The van der Waals surface area contributed by atoms with E-state index in [-0.39, 0.29) is 11.2 Å². The largest absolute Gasteiger partial charge is 0.294 e. The summed E-state index contributed by atoms with van der Waals surface area (Å²) in [5, 5.41) is 0. The van der Waals surface area contributed by atoms with E-state index in [0.717, 1.165) is 11.1 Å². The Hall–Kier alpha value is -1.11. The lowest BCUT2D eigenvalue weighted by atomic mass is 9.89. The summed E-state index contributed by atoms with van der Waals surface area (Å²) < 4.78 is 0. The van der Waals surface area contributed by atoms with Crippen molar-refractivity contribution in [2.75, 3.05) is 0 Å². The van der Waals surface area contributed by atoms with Gasteiger partial charge >= 0.3 is 0 Å². The van der Waals surface area contributed by atoms with E-state index in [1.165, 1.54) is 0 Å². The number of benzene rings is 1. The lowest BCUT2D eigenvalue weighted by Crippen LogP contribution is -2.17. The van der Waals surface area contributed by atoms with E-state index >= 15 is 0 Å². The van der Waals surface area contributed by atoms with Crippen LogP contribution in [-0.4, -0.2) is 5.78 Å². The van der Waals surface area contributed by atoms with Crippen LogP contribution < -0.4 is 0 Å². The van der Waals surface area contributed by atoms with Crippen molar-refractivity contribution in [1.82, 2.24) is 0 Å². The van der Waals surface area contributed by atoms with Crippen LogP contribution in [-0.2, 0) is 0 Å². The average molecular weight is 159 g/mol. The van der Waals surface area contributed by atoms with Crippen LogP contribution in [0.2, 0.25) is 0 Å². The van der Waals surface area contributed by atoms with Gasteiger partial charge in [-0.1, -0.05) is 38.1 Å². The molecule has 0 spiro atoms. The van der Waals surface area contributed by atoms with Gasteiger partial charge in [0, 0.05) is 17.4 Å². The van der Waals surface area contributed by atoms with E-state index in [2.05, 4.69) is 0 Å². The van der Waals surface area contributed by atoms with Crippen LogP contribution in [0.5, 0.6) is 0 Å². The molecule has 0 heterocycles. The Bertz CT molecular complexity index is 337. The zero-order valence-corrected chi connectivity index (χ0v) is 7.29. The Balaban J connectivity index is 2.57. The molecule has 0 aliphatic heterocycles. The molecule has 61 valence electrons. The van der Waals surface area contributed by atoms with Gasteiger partial charge in [-0.3, -0.25) is 4.79 Å². The summed E-state index contributed by atoms with van der Waals surface area (Å²) in [4.78, 5) is 11.7. The zero-order chi connectivity index (χ0) is 8.77. The Morgan fingerprint density at radius 2 is 1.83 bits per heavy atom. The van der Waals surface area contributed by atoms with Crippen molar-refractivity contribution >= 4 is 5.78 Å². The molecule has 0 amide bonds. The van der Waals surface area contributed by atoms with Gasteiger partial charge in [0.15, 0.2) is 5.78 Å². The third kappa shape index (κ3) is 0.893. The fourth-order valence-corrected chi connectivity index (χ4v) is 1.63. The molecule has 0 saturated heterocycles. The topological polar surface area (TPSA) is 17.1 Å². The number of carbonyl (C=O) groups is 1. The Labute approximate surface area is 72.4 Å². The van der Waals surface area contributed by atoms with Crippen molar-refractivity contribution in [1.29, 1.82) is 0 Å². The molecule has 0 saturated carbocycles. The summed E-state index contributed by atoms with van der Waals surface area (Å²) in [5.74, 6) is 0.234. The molecular weight excluding hydrogens is 148 g/mol. The molecule has 0 N–H and O–H groups in total. The van der Waals surface area contributed by atoms with E-state index in [0.29, 0.717) is 0 Å². The maximum Gasteiger partial charge on any atom is 0.169 e. The van der Waals surface area contributed by atoms with Gasteiger partial charge in [-0.25, -0.2) is 0 Å². The summed E-state index contributed by atoms with van der Waals surface area (Å²) in [6.45, 7) is 3.91. The summed E-state index contributed by atoms with van der Waals surface area (Å²) in [7, 11) is 0. The van der Waals surface area contributed by atoms with Crippen LogP contribution >= 0.6 is 0 Å². The smallest absolute Gasteiger partial charge is 0.169 e.